The highest BCUT2D eigenvalue weighted by molar-refractivity contribution is 4.84. The van der Waals surface area contributed by atoms with Crippen LogP contribution in [0, 0.1) is 11.8 Å². The van der Waals surface area contributed by atoms with E-state index >= 15 is 0 Å². The maximum Gasteiger partial charge on any atom is 0.00671 e. The van der Waals surface area contributed by atoms with E-state index < -0.39 is 0 Å². The van der Waals surface area contributed by atoms with Crippen LogP contribution in [0.15, 0.2) is 0 Å². The average Bonchev–Trinajstić information content (AvgIpc) is 2.94. The van der Waals surface area contributed by atoms with Crippen LogP contribution in [0.1, 0.15) is 58.8 Å². The number of rotatable bonds is 7. The predicted octanol–water partition coefficient (Wildman–Crippen LogP) is 3.33. The van der Waals surface area contributed by atoms with Crippen LogP contribution in [-0.2, 0) is 0 Å². The summed E-state index contributed by atoms with van der Waals surface area (Å²) >= 11 is 0. The summed E-state index contributed by atoms with van der Waals surface area (Å²) in [6.07, 6.45) is 9.54. The highest BCUT2D eigenvalue weighted by Crippen LogP contribution is 2.38. The summed E-state index contributed by atoms with van der Waals surface area (Å²) in [6, 6.07) is 0.476. The third-order valence-electron chi connectivity index (χ3n) is 3.43. The first-order valence-corrected chi connectivity index (χ1v) is 6.01. The zero-order valence-electron chi connectivity index (χ0n) is 9.26. The van der Waals surface area contributed by atoms with Crippen molar-refractivity contribution < 1.29 is 0 Å². The second kappa shape index (κ2) is 5.64. The molecule has 0 radical (unpaired) electrons. The molecular weight excluding hydrogens is 158 g/mol. The molecule has 0 aromatic carbocycles. The van der Waals surface area contributed by atoms with E-state index in [1.54, 1.807) is 0 Å². The summed E-state index contributed by atoms with van der Waals surface area (Å²) in [6.45, 7) is 4.59. The largest absolute Gasteiger partial charge is 0.327 e. The standard InChI is InChI=1S/C12H25N/c1-3-4-5-6-7-12(13)10(2)11-8-9-11/h10-12H,3-9,13H2,1-2H3. The summed E-state index contributed by atoms with van der Waals surface area (Å²) in [5.74, 6) is 1.75. The molecule has 13 heavy (non-hydrogen) atoms. The average molecular weight is 183 g/mol. The van der Waals surface area contributed by atoms with Gasteiger partial charge in [0.1, 0.15) is 0 Å². The Morgan fingerprint density at radius 2 is 1.92 bits per heavy atom. The van der Waals surface area contributed by atoms with Crippen LogP contribution in [0.25, 0.3) is 0 Å². The molecule has 1 heteroatoms. The summed E-state index contributed by atoms with van der Waals surface area (Å²) in [5, 5.41) is 0. The molecule has 1 nitrogen and oxygen atoms in total. The molecule has 2 unspecified atom stereocenters. The molecular formula is C12H25N. The molecule has 0 spiro atoms. The minimum absolute atomic E-state index is 0.476. The van der Waals surface area contributed by atoms with Gasteiger partial charge in [-0.25, -0.2) is 0 Å². The molecule has 0 bridgehead atoms. The summed E-state index contributed by atoms with van der Waals surface area (Å²) < 4.78 is 0. The Labute approximate surface area is 83.1 Å². The molecule has 0 aliphatic heterocycles. The second-order valence-corrected chi connectivity index (χ2v) is 4.71. The van der Waals surface area contributed by atoms with Crippen molar-refractivity contribution in [3.63, 3.8) is 0 Å². The van der Waals surface area contributed by atoms with Gasteiger partial charge >= 0.3 is 0 Å². The maximum atomic E-state index is 6.14. The van der Waals surface area contributed by atoms with Gasteiger partial charge < -0.3 is 5.73 Å². The third kappa shape index (κ3) is 4.12. The number of hydrogen-bond acceptors (Lipinski definition) is 1. The Hall–Kier alpha value is -0.0400. The zero-order valence-corrected chi connectivity index (χ0v) is 9.26. The van der Waals surface area contributed by atoms with Gasteiger partial charge in [-0.2, -0.15) is 0 Å². The third-order valence-corrected chi connectivity index (χ3v) is 3.43. The van der Waals surface area contributed by atoms with Crippen molar-refractivity contribution in [1.82, 2.24) is 0 Å². The Bertz CT molecular complexity index is 129. The number of nitrogens with two attached hydrogens (primary N) is 1. The van der Waals surface area contributed by atoms with Crippen molar-refractivity contribution in [2.45, 2.75) is 64.8 Å². The molecule has 2 atom stereocenters. The molecule has 0 saturated heterocycles. The van der Waals surface area contributed by atoms with Crippen molar-refractivity contribution >= 4 is 0 Å². The summed E-state index contributed by atoms with van der Waals surface area (Å²) in [5.41, 5.74) is 6.14. The quantitative estimate of drug-likeness (QED) is 0.602. The lowest BCUT2D eigenvalue weighted by molar-refractivity contribution is 0.376. The van der Waals surface area contributed by atoms with Gasteiger partial charge in [-0.3, -0.25) is 0 Å². The van der Waals surface area contributed by atoms with Crippen LogP contribution in [0.5, 0.6) is 0 Å². The summed E-state index contributed by atoms with van der Waals surface area (Å²) in [7, 11) is 0. The molecule has 0 amide bonds. The topological polar surface area (TPSA) is 26.0 Å². The predicted molar refractivity (Wildman–Crippen MR) is 58.6 cm³/mol. The van der Waals surface area contributed by atoms with E-state index in [2.05, 4.69) is 13.8 Å². The van der Waals surface area contributed by atoms with Gasteiger partial charge in [-0.15, -0.1) is 0 Å². The number of hydrogen-bond donors (Lipinski definition) is 1. The van der Waals surface area contributed by atoms with E-state index in [0.29, 0.717) is 6.04 Å². The maximum absolute atomic E-state index is 6.14. The van der Waals surface area contributed by atoms with Crippen LogP contribution in [0.2, 0.25) is 0 Å². The smallest absolute Gasteiger partial charge is 0.00671 e. The summed E-state index contributed by atoms with van der Waals surface area (Å²) in [4.78, 5) is 0. The van der Waals surface area contributed by atoms with E-state index in [9.17, 15) is 0 Å². The Morgan fingerprint density at radius 1 is 1.23 bits per heavy atom. The van der Waals surface area contributed by atoms with Gasteiger partial charge in [0.25, 0.3) is 0 Å². The van der Waals surface area contributed by atoms with E-state index in [4.69, 9.17) is 5.73 Å². The van der Waals surface area contributed by atoms with Crippen LogP contribution in [-0.4, -0.2) is 6.04 Å². The van der Waals surface area contributed by atoms with Crippen molar-refractivity contribution in [2.75, 3.05) is 0 Å². The van der Waals surface area contributed by atoms with Crippen LogP contribution < -0.4 is 5.73 Å². The lowest BCUT2D eigenvalue weighted by Crippen LogP contribution is -2.29. The second-order valence-electron chi connectivity index (χ2n) is 4.71. The fourth-order valence-corrected chi connectivity index (χ4v) is 2.04. The minimum atomic E-state index is 0.476. The van der Waals surface area contributed by atoms with Gasteiger partial charge in [0.2, 0.25) is 0 Å². The fraction of sp³-hybridized carbons (Fsp3) is 1.00. The molecule has 78 valence electrons. The monoisotopic (exact) mass is 183 g/mol. The van der Waals surface area contributed by atoms with Crippen molar-refractivity contribution in [2.24, 2.45) is 17.6 Å². The minimum Gasteiger partial charge on any atom is -0.327 e. The first-order chi connectivity index (χ1) is 6.25. The van der Waals surface area contributed by atoms with Gasteiger partial charge in [0, 0.05) is 6.04 Å². The van der Waals surface area contributed by atoms with Crippen LogP contribution in [0.3, 0.4) is 0 Å². The van der Waals surface area contributed by atoms with Gasteiger partial charge in [-0.1, -0.05) is 39.5 Å². The lowest BCUT2D eigenvalue weighted by Gasteiger charge is -2.19. The Balaban J connectivity index is 1.99. The van der Waals surface area contributed by atoms with Crippen molar-refractivity contribution in [3.05, 3.63) is 0 Å². The SMILES string of the molecule is CCCCCCC(N)C(C)C1CC1. The molecule has 1 saturated carbocycles. The normalized spacial score (nSPS) is 21.5. The molecule has 1 fully saturated rings. The van der Waals surface area contributed by atoms with Gasteiger partial charge in [-0.05, 0) is 31.1 Å². The van der Waals surface area contributed by atoms with Crippen molar-refractivity contribution in [1.29, 1.82) is 0 Å². The first-order valence-electron chi connectivity index (χ1n) is 6.01. The van der Waals surface area contributed by atoms with E-state index in [1.807, 2.05) is 0 Å². The Morgan fingerprint density at radius 3 is 2.46 bits per heavy atom. The van der Waals surface area contributed by atoms with Gasteiger partial charge in [0.05, 0.1) is 0 Å². The highest BCUT2D eigenvalue weighted by Gasteiger charge is 2.31. The Kier molecular flexibility index (Phi) is 4.79. The molecule has 0 aromatic heterocycles. The molecule has 1 aliphatic carbocycles. The number of unbranched alkanes of at least 4 members (excludes halogenated alkanes) is 3. The zero-order chi connectivity index (χ0) is 9.68. The molecule has 1 rings (SSSR count). The highest BCUT2D eigenvalue weighted by atomic mass is 14.7. The van der Waals surface area contributed by atoms with Crippen molar-refractivity contribution in [3.8, 4) is 0 Å². The molecule has 0 heterocycles. The van der Waals surface area contributed by atoms with Crippen LogP contribution in [0.4, 0.5) is 0 Å². The van der Waals surface area contributed by atoms with Crippen LogP contribution >= 0.6 is 0 Å². The van der Waals surface area contributed by atoms with E-state index in [1.165, 1.54) is 44.9 Å². The first kappa shape index (κ1) is 11.0. The van der Waals surface area contributed by atoms with E-state index in [0.717, 1.165) is 11.8 Å². The van der Waals surface area contributed by atoms with E-state index in [-0.39, 0.29) is 0 Å². The molecule has 2 N–H and O–H groups in total. The fourth-order valence-electron chi connectivity index (χ4n) is 2.04. The molecule has 1 aliphatic rings. The van der Waals surface area contributed by atoms with Gasteiger partial charge in [0.15, 0.2) is 0 Å². The lowest BCUT2D eigenvalue weighted by atomic mass is 9.93. The molecule has 0 aromatic rings.